The van der Waals surface area contributed by atoms with Crippen molar-refractivity contribution in [3.05, 3.63) is 28.8 Å². The minimum Gasteiger partial charge on any atom is -0.465 e. The number of hydrogen-bond acceptors (Lipinski definition) is 6. The van der Waals surface area contributed by atoms with Crippen LogP contribution < -0.4 is 4.72 Å². The first-order chi connectivity index (χ1) is 11.7. The van der Waals surface area contributed by atoms with Crippen molar-refractivity contribution < 1.29 is 22.7 Å². The first-order valence-corrected chi connectivity index (χ1v) is 9.74. The maximum atomic E-state index is 12.7. The van der Waals surface area contributed by atoms with E-state index in [2.05, 4.69) is 14.4 Å². The molecule has 25 heavy (non-hydrogen) atoms. The van der Waals surface area contributed by atoms with E-state index in [0.717, 1.165) is 13.1 Å². The normalized spacial score (nSPS) is 16.6. The summed E-state index contributed by atoms with van der Waals surface area (Å²) in [5.41, 5.74) is -0.261. The number of hydrogen-bond donors (Lipinski definition) is 1. The summed E-state index contributed by atoms with van der Waals surface area (Å²) in [6.45, 7) is 6.88. The van der Waals surface area contributed by atoms with Crippen molar-refractivity contribution in [2.24, 2.45) is 0 Å². The smallest absolute Gasteiger partial charge is 0.337 e. The van der Waals surface area contributed by atoms with E-state index in [1.807, 2.05) is 13.8 Å². The second kappa shape index (κ2) is 8.01. The number of sulfonamides is 1. The zero-order valence-corrected chi connectivity index (χ0v) is 16.1. The van der Waals surface area contributed by atoms with Crippen LogP contribution in [0.15, 0.2) is 23.1 Å². The predicted molar refractivity (Wildman–Crippen MR) is 94.5 cm³/mol. The monoisotopic (exact) mass is 390 g/mol. The number of esters is 1. The van der Waals surface area contributed by atoms with Crippen LogP contribution in [0.3, 0.4) is 0 Å². The number of nitrogens with zero attached hydrogens (tertiary/aromatic N) is 1. The summed E-state index contributed by atoms with van der Waals surface area (Å²) in [6, 6.07) is 4.01. The molecule has 1 N–H and O–H groups in total. The standard InChI is InChI=1S/C16H23ClN2O5S/c1-16(2,19-6-8-24-9-7-19)11-18-25(21,22)14-10-12(15(20)23-3)4-5-13(14)17/h4-5,10,18H,6-9,11H2,1-3H3. The van der Waals surface area contributed by atoms with Crippen LogP contribution in [-0.2, 0) is 19.5 Å². The molecule has 1 saturated heterocycles. The summed E-state index contributed by atoms with van der Waals surface area (Å²) < 4.78 is 37.9. The highest BCUT2D eigenvalue weighted by molar-refractivity contribution is 7.89. The molecule has 0 amide bonds. The molecule has 0 atom stereocenters. The largest absolute Gasteiger partial charge is 0.465 e. The van der Waals surface area contributed by atoms with Crippen molar-refractivity contribution in [1.82, 2.24) is 9.62 Å². The third-order valence-corrected chi connectivity index (χ3v) is 6.09. The van der Waals surface area contributed by atoms with Crippen LogP contribution in [-0.4, -0.2) is 64.8 Å². The van der Waals surface area contributed by atoms with E-state index in [1.165, 1.54) is 25.3 Å². The van der Waals surface area contributed by atoms with Gasteiger partial charge in [0.1, 0.15) is 4.90 Å². The molecular weight excluding hydrogens is 368 g/mol. The zero-order valence-electron chi connectivity index (χ0n) is 14.5. The van der Waals surface area contributed by atoms with Crippen molar-refractivity contribution >= 4 is 27.6 Å². The fourth-order valence-electron chi connectivity index (χ4n) is 2.58. The Morgan fingerprint density at radius 3 is 2.60 bits per heavy atom. The first kappa shape index (κ1) is 20.1. The number of halogens is 1. The molecule has 1 fully saturated rings. The molecule has 0 unspecified atom stereocenters. The Bertz CT molecular complexity index is 730. The second-order valence-electron chi connectivity index (χ2n) is 6.37. The van der Waals surface area contributed by atoms with Crippen molar-refractivity contribution in [1.29, 1.82) is 0 Å². The summed E-state index contributed by atoms with van der Waals surface area (Å²) in [7, 11) is -2.64. The molecule has 0 spiro atoms. The minimum absolute atomic E-state index is 0.0457. The van der Waals surface area contributed by atoms with Crippen molar-refractivity contribution in [2.45, 2.75) is 24.3 Å². The number of carbonyl (C=O) groups is 1. The quantitative estimate of drug-likeness (QED) is 0.741. The van der Waals surface area contributed by atoms with E-state index in [1.54, 1.807) is 0 Å². The molecule has 0 bridgehead atoms. The van der Waals surface area contributed by atoms with Gasteiger partial charge in [-0.3, -0.25) is 4.90 Å². The summed E-state index contributed by atoms with van der Waals surface area (Å²) in [4.78, 5) is 13.7. The number of carbonyl (C=O) groups excluding carboxylic acids is 1. The van der Waals surface area contributed by atoms with Gasteiger partial charge < -0.3 is 9.47 Å². The second-order valence-corrected chi connectivity index (χ2v) is 8.52. The Balaban J connectivity index is 2.17. The van der Waals surface area contributed by atoms with Gasteiger partial charge in [0.15, 0.2) is 0 Å². The lowest BCUT2D eigenvalue weighted by Gasteiger charge is -2.40. The van der Waals surface area contributed by atoms with Crippen LogP contribution in [0.1, 0.15) is 24.2 Å². The number of methoxy groups -OCH3 is 1. The molecule has 0 aliphatic carbocycles. The van der Waals surface area contributed by atoms with Crippen LogP contribution in [0.25, 0.3) is 0 Å². The summed E-state index contributed by atoms with van der Waals surface area (Å²) in [5, 5.41) is 0.0457. The van der Waals surface area contributed by atoms with Gasteiger partial charge in [0.25, 0.3) is 0 Å². The number of rotatable bonds is 6. The molecule has 1 aromatic carbocycles. The molecular formula is C16H23ClN2O5S. The molecule has 1 heterocycles. The fourth-order valence-corrected chi connectivity index (χ4v) is 4.31. The zero-order chi connectivity index (χ0) is 18.7. The average molecular weight is 391 g/mol. The van der Waals surface area contributed by atoms with Crippen LogP contribution in [0, 0.1) is 0 Å². The first-order valence-electron chi connectivity index (χ1n) is 7.88. The molecule has 140 valence electrons. The molecule has 1 aliphatic heterocycles. The Kier molecular flexibility index (Phi) is 6.45. The fraction of sp³-hybridized carbons (Fsp3) is 0.562. The Labute approximate surface area is 153 Å². The molecule has 0 aromatic heterocycles. The number of nitrogens with one attached hydrogen (secondary N) is 1. The number of benzene rings is 1. The maximum Gasteiger partial charge on any atom is 0.337 e. The van der Waals surface area contributed by atoms with E-state index in [9.17, 15) is 13.2 Å². The minimum atomic E-state index is -3.87. The van der Waals surface area contributed by atoms with Gasteiger partial charge in [-0.1, -0.05) is 11.6 Å². The third-order valence-electron chi connectivity index (χ3n) is 4.20. The summed E-state index contributed by atoms with van der Waals surface area (Å²) in [5.74, 6) is -0.623. The van der Waals surface area contributed by atoms with Gasteiger partial charge >= 0.3 is 5.97 Å². The molecule has 2 rings (SSSR count). The van der Waals surface area contributed by atoms with Gasteiger partial charge in [-0.2, -0.15) is 0 Å². The number of ether oxygens (including phenoxy) is 2. The molecule has 1 aromatic rings. The Morgan fingerprint density at radius 1 is 1.36 bits per heavy atom. The average Bonchev–Trinajstić information content (AvgIpc) is 2.60. The summed E-state index contributed by atoms with van der Waals surface area (Å²) >= 11 is 6.03. The highest BCUT2D eigenvalue weighted by atomic mass is 35.5. The van der Waals surface area contributed by atoms with Gasteiger partial charge in [0, 0.05) is 25.2 Å². The van der Waals surface area contributed by atoms with Gasteiger partial charge in [-0.25, -0.2) is 17.9 Å². The van der Waals surface area contributed by atoms with Crippen LogP contribution in [0.2, 0.25) is 5.02 Å². The molecule has 0 saturated carbocycles. The summed E-state index contributed by atoms with van der Waals surface area (Å²) in [6.07, 6.45) is 0. The Hall–Kier alpha value is -1.19. The van der Waals surface area contributed by atoms with E-state index in [-0.39, 0.29) is 27.6 Å². The van der Waals surface area contributed by atoms with Gasteiger partial charge in [-0.15, -0.1) is 0 Å². The lowest BCUT2D eigenvalue weighted by Crippen LogP contribution is -2.55. The third kappa shape index (κ3) is 4.92. The van der Waals surface area contributed by atoms with Crippen molar-refractivity contribution in [3.63, 3.8) is 0 Å². The predicted octanol–water partition coefficient (Wildman–Crippen LogP) is 1.52. The SMILES string of the molecule is COC(=O)c1ccc(Cl)c(S(=O)(=O)NCC(C)(C)N2CCOCC2)c1. The van der Waals surface area contributed by atoms with Gasteiger partial charge in [-0.05, 0) is 32.0 Å². The highest BCUT2D eigenvalue weighted by Crippen LogP contribution is 2.24. The molecule has 0 radical (unpaired) electrons. The van der Waals surface area contributed by atoms with E-state index in [0.29, 0.717) is 13.2 Å². The van der Waals surface area contributed by atoms with Crippen LogP contribution in [0.5, 0.6) is 0 Å². The lowest BCUT2D eigenvalue weighted by molar-refractivity contribution is -0.00803. The Morgan fingerprint density at radius 2 is 2.00 bits per heavy atom. The van der Waals surface area contributed by atoms with Crippen molar-refractivity contribution in [3.8, 4) is 0 Å². The van der Waals surface area contributed by atoms with Crippen molar-refractivity contribution in [2.75, 3.05) is 40.0 Å². The lowest BCUT2D eigenvalue weighted by atomic mass is 10.0. The molecule has 7 nitrogen and oxygen atoms in total. The van der Waals surface area contributed by atoms with Gasteiger partial charge in [0.2, 0.25) is 10.0 Å². The number of morpholine rings is 1. The topological polar surface area (TPSA) is 84.9 Å². The van der Waals surface area contributed by atoms with E-state index in [4.69, 9.17) is 16.3 Å². The molecule has 1 aliphatic rings. The maximum absolute atomic E-state index is 12.7. The molecule has 9 heteroatoms. The van der Waals surface area contributed by atoms with E-state index < -0.39 is 16.0 Å². The van der Waals surface area contributed by atoms with Crippen LogP contribution >= 0.6 is 11.6 Å². The van der Waals surface area contributed by atoms with Crippen LogP contribution in [0.4, 0.5) is 0 Å². The van der Waals surface area contributed by atoms with E-state index >= 15 is 0 Å². The van der Waals surface area contributed by atoms with Gasteiger partial charge in [0.05, 0.1) is 30.9 Å². The highest BCUT2D eigenvalue weighted by Gasteiger charge is 2.30.